The quantitative estimate of drug-likeness (QED) is 0.577. The van der Waals surface area contributed by atoms with Crippen molar-refractivity contribution in [1.82, 2.24) is 9.97 Å². The molecule has 1 aromatic heterocycles. The van der Waals surface area contributed by atoms with Gasteiger partial charge in [-0.15, -0.1) is 0 Å². The predicted octanol–water partition coefficient (Wildman–Crippen LogP) is 3.39. The number of carbonyl (C=O) groups excluding carboxylic acids is 1. The van der Waals surface area contributed by atoms with Crippen molar-refractivity contribution < 1.29 is 14.3 Å². The Balaban J connectivity index is 1.90. The number of rotatable bonds is 7. The van der Waals surface area contributed by atoms with Crippen LogP contribution in [0.2, 0.25) is 0 Å². The molecule has 28 heavy (non-hydrogen) atoms. The van der Waals surface area contributed by atoms with E-state index in [1.54, 1.807) is 32.4 Å². The predicted molar refractivity (Wildman–Crippen MR) is 108 cm³/mol. The van der Waals surface area contributed by atoms with Crippen molar-refractivity contribution in [3.05, 3.63) is 59.8 Å². The minimum Gasteiger partial charge on any atom is -0.493 e. The molecule has 1 heterocycles. The van der Waals surface area contributed by atoms with Gasteiger partial charge in [-0.3, -0.25) is 4.79 Å². The summed E-state index contributed by atoms with van der Waals surface area (Å²) in [5.41, 5.74) is 8.25. The monoisotopic (exact) mass is 379 g/mol. The fraction of sp³-hybridized carbons (Fsp3) is 0.150. The molecule has 144 valence electrons. The van der Waals surface area contributed by atoms with E-state index in [2.05, 4.69) is 20.6 Å². The van der Waals surface area contributed by atoms with Crippen LogP contribution in [0.25, 0.3) is 0 Å². The Morgan fingerprint density at radius 3 is 2.29 bits per heavy atom. The number of methoxy groups -OCH3 is 2. The third kappa shape index (κ3) is 4.29. The summed E-state index contributed by atoms with van der Waals surface area (Å²) < 4.78 is 10.5. The smallest absolute Gasteiger partial charge is 0.254 e. The van der Waals surface area contributed by atoms with Gasteiger partial charge in [-0.05, 0) is 31.2 Å². The van der Waals surface area contributed by atoms with Gasteiger partial charge in [-0.1, -0.05) is 17.7 Å². The van der Waals surface area contributed by atoms with Gasteiger partial charge in [-0.25, -0.2) is 4.98 Å². The van der Waals surface area contributed by atoms with Gasteiger partial charge in [0.2, 0.25) is 5.95 Å². The van der Waals surface area contributed by atoms with Crippen molar-refractivity contribution >= 4 is 29.0 Å². The maximum absolute atomic E-state index is 11.7. The van der Waals surface area contributed by atoms with Crippen LogP contribution in [-0.2, 0) is 0 Å². The highest BCUT2D eigenvalue weighted by molar-refractivity contribution is 5.98. The largest absolute Gasteiger partial charge is 0.493 e. The van der Waals surface area contributed by atoms with Gasteiger partial charge in [0.05, 0.1) is 14.2 Å². The highest BCUT2D eigenvalue weighted by Gasteiger charge is 2.13. The van der Waals surface area contributed by atoms with E-state index >= 15 is 0 Å². The summed E-state index contributed by atoms with van der Waals surface area (Å²) in [6.45, 7) is 1.99. The van der Waals surface area contributed by atoms with Crippen LogP contribution in [0.1, 0.15) is 15.9 Å². The summed E-state index contributed by atoms with van der Waals surface area (Å²) in [7, 11) is 3.13. The van der Waals surface area contributed by atoms with Crippen molar-refractivity contribution in [2.45, 2.75) is 6.92 Å². The molecular weight excluding hydrogens is 358 g/mol. The molecule has 0 aliphatic heterocycles. The minimum absolute atomic E-state index is 0.193. The summed E-state index contributed by atoms with van der Waals surface area (Å²) in [6.07, 6.45) is 1.38. The fourth-order valence-electron chi connectivity index (χ4n) is 2.53. The number of carbonyl (C=O) groups is 1. The maximum atomic E-state index is 11.7. The average Bonchev–Trinajstić information content (AvgIpc) is 2.69. The summed E-state index contributed by atoms with van der Waals surface area (Å²) in [6, 6.07) is 13.0. The van der Waals surface area contributed by atoms with Gasteiger partial charge in [0.1, 0.15) is 11.4 Å². The van der Waals surface area contributed by atoms with Crippen molar-refractivity contribution in [2.75, 3.05) is 24.9 Å². The van der Waals surface area contributed by atoms with Crippen LogP contribution < -0.4 is 25.8 Å². The molecule has 0 bridgehead atoms. The first-order chi connectivity index (χ1) is 13.5. The lowest BCUT2D eigenvalue weighted by Crippen LogP contribution is -2.15. The number of benzene rings is 2. The third-order valence-electron chi connectivity index (χ3n) is 4.01. The Kier molecular flexibility index (Phi) is 5.59. The molecule has 0 unspecified atom stereocenters. The Hall–Kier alpha value is -3.81. The lowest BCUT2D eigenvalue weighted by Gasteiger charge is -2.13. The first-order valence-corrected chi connectivity index (χ1v) is 8.49. The van der Waals surface area contributed by atoms with E-state index in [1.807, 2.05) is 31.2 Å². The van der Waals surface area contributed by atoms with Gasteiger partial charge in [-0.2, -0.15) is 4.98 Å². The Labute approximate surface area is 162 Å². The highest BCUT2D eigenvalue weighted by Crippen LogP contribution is 2.31. The van der Waals surface area contributed by atoms with E-state index in [4.69, 9.17) is 15.2 Å². The van der Waals surface area contributed by atoms with Crippen molar-refractivity contribution in [3.63, 3.8) is 0 Å². The minimum atomic E-state index is -0.618. The summed E-state index contributed by atoms with van der Waals surface area (Å²) >= 11 is 0. The van der Waals surface area contributed by atoms with Crippen LogP contribution in [0.5, 0.6) is 11.5 Å². The number of anilines is 4. The highest BCUT2D eigenvalue weighted by atomic mass is 16.5. The number of nitrogens with two attached hydrogens (primary N) is 1. The summed E-state index contributed by atoms with van der Waals surface area (Å²) in [4.78, 5) is 20.3. The van der Waals surface area contributed by atoms with Crippen LogP contribution >= 0.6 is 0 Å². The normalized spacial score (nSPS) is 10.2. The zero-order chi connectivity index (χ0) is 20.1. The molecule has 0 radical (unpaired) electrons. The van der Waals surface area contributed by atoms with E-state index in [0.29, 0.717) is 29.0 Å². The SMILES string of the molecule is COc1ccc(Nc2ncc(C(N)=O)c(Nc3ccc(C)cc3)n2)cc1OC. The molecule has 0 fully saturated rings. The van der Waals surface area contributed by atoms with E-state index in [1.165, 1.54) is 6.20 Å². The Morgan fingerprint density at radius 2 is 1.64 bits per heavy atom. The molecule has 1 amide bonds. The van der Waals surface area contributed by atoms with Gasteiger partial charge < -0.3 is 25.8 Å². The first-order valence-electron chi connectivity index (χ1n) is 8.49. The zero-order valence-electron chi connectivity index (χ0n) is 15.8. The van der Waals surface area contributed by atoms with Gasteiger partial charge in [0.25, 0.3) is 5.91 Å². The van der Waals surface area contributed by atoms with Gasteiger partial charge in [0.15, 0.2) is 11.5 Å². The lowest BCUT2D eigenvalue weighted by atomic mass is 10.2. The molecule has 2 aromatic carbocycles. The molecule has 0 saturated heterocycles. The fourth-order valence-corrected chi connectivity index (χ4v) is 2.53. The van der Waals surface area contributed by atoms with Gasteiger partial charge in [0, 0.05) is 23.6 Å². The van der Waals surface area contributed by atoms with E-state index in [-0.39, 0.29) is 5.56 Å². The molecule has 8 nitrogen and oxygen atoms in total. The summed E-state index contributed by atoms with van der Waals surface area (Å²) in [5.74, 6) is 1.17. The number of aromatic nitrogens is 2. The zero-order valence-corrected chi connectivity index (χ0v) is 15.8. The van der Waals surface area contributed by atoms with Gasteiger partial charge >= 0.3 is 0 Å². The molecule has 0 spiro atoms. The second-order valence-corrected chi connectivity index (χ2v) is 6.01. The molecule has 0 atom stereocenters. The standard InChI is InChI=1S/C20H21N5O3/c1-12-4-6-13(7-5-12)23-19-15(18(21)26)11-22-20(25-19)24-14-8-9-16(27-2)17(10-14)28-3/h4-11H,1-3H3,(H2,21,26)(H2,22,23,24,25). The summed E-state index contributed by atoms with van der Waals surface area (Å²) in [5, 5.41) is 6.19. The topological polar surface area (TPSA) is 111 Å². The number of nitrogens with zero attached hydrogens (tertiary/aromatic N) is 2. The molecular formula is C20H21N5O3. The number of aryl methyl sites for hydroxylation is 1. The molecule has 3 rings (SSSR count). The van der Waals surface area contributed by atoms with Crippen LogP contribution in [-0.4, -0.2) is 30.1 Å². The first kappa shape index (κ1) is 19.0. The number of nitrogens with one attached hydrogen (secondary N) is 2. The molecule has 0 aliphatic rings. The second kappa shape index (κ2) is 8.26. The van der Waals surface area contributed by atoms with Crippen molar-refractivity contribution in [3.8, 4) is 11.5 Å². The molecule has 0 aliphatic carbocycles. The van der Waals surface area contributed by atoms with Crippen molar-refractivity contribution in [2.24, 2.45) is 5.73 Å². The number of ether oxygens (including phenoxy) is 2. The number of amides is 1. The maximum Gasteiger partial charge on any atom is 0.254 e. The molecule has 0 saturated carbocycles. The average molecular weight is 379 g/mol. The van der Waals surface area contributed by atoms with Crippen molar-refractivity contribution in [1.29, 1.82) is 0 Å². The van der Waals surface area contributed by atoms with E-state index in [0.717, 1.165) is 11.3 Å². The van der Waals surface area contributed by atoms with E-state index < -0.39 is 5.91 Å². The third-order valence-corrected chi connectivity index (χ3v) is 4.01. The Morgan fingerprint density at radius 1 is 0.964 bits per heavy atom. The molecule has 4 N–H and O–H groups in total. The Bertz CT molecular complexity index is 990. The molecule has 8 heteroatoms. The van der Waals surface area contributed by atoms with Crippen LogP contribution in [0.4, 0.5) is 23.1 Å². The number of hydrogen-bond acceptors (Lipinski definition) is 7. The second-order valence-electron chi connectivity index (χ2n) is 6.01. The van der Waals surface area contributed by atoms with Crippen LogP contribution in [0.3, 0.4) is 0 Å². The number of hydrogen-bond donors (Lipinski definition) is 3. The molecule has 3 aromatic rings. The lowest BCUT2D eigenvalue weighted by molar-refractivity contribution is 0.100. The van der Waals surface area contributed by atoms with Crippen LogP contribution in [0.15, 0.2) is 48.7 Å². The number of primary amides is 1. The van der Waals surface area contributed by atoms with Crippen LogP contribution in [0, 0.1) is 6.92 Å². The van der Waals surface area contributed by atoms with E-state index in [9.17, 15) is 4.79 Å².